The van der Waals surface area contributed by atoms with Crippen molar-refractivity contribution >= 4 is 28.5 Å². The molecule has 0 unspecified atom stereocenters. The van der Waals surface area contributed by atoms with Crippen LogP contribution in [0.3, 0.4) is 0 Å². The molecule has 0 aromatic carbocycles. The number of hydrogen-bond donors (Lipinski definition) is 1. The number of aromatic nitrogens is 1. The standard InChI is InChI=1S/C11H16IN3O2/c1-15(2)7-6-13-10(16)9-8(12)4-5-14-11(9)17-3/h4-5H,6-7H2,1-3H3,(H,13,16). The van der Waals surface area contributed by atoms with Crippen molar-refractivity contribution in [1.82, 2.24) is 15.2 Å². The van der Waals surface area contributed by atoms with E-state index in [9.17, 15) is 4.79 Å². The highest BCUT2D eigenvalue weighted by molar-refractivity contribution is 14.1. The number of hydrogen-bond acceptors (Lipinski definition) is 4. The Balaban J connectivity index is 2.74. The molecule has 0 aliphatic rings. The highest BCUT2D eigenvalue weighted by atomic mass is 127. The van der Waals surface area contributed by atoms with Crippen LogP contribution in [0, 0.1) is 3.57 Å². The lowest BCUT2D eigenvalue weighted by Crippen LogP contribution is -2.32. The van der Waals surface area contributed by atoms with E-state index in [2.05, 4.69) is 32.9 Å². The van der Waals surface area contributed by atoms with Crippen molar-refractivity contribution in [3.8, 4) is 5.88 Å². The van der Waals surface area contributed by atoms with E-state index in [1.165, 1.54) is 7.11 Å². The van der Waals surface area contributed by atoms with Crippen LogP contribution in [0.15, 0.2) is 12.3 Å². The summed E-state index contributed by atoms with van der Waals surface area (Å²) in [5.41, 5.74) is 0.495. The van der Waals surface area contributed by atoms with Gasteiger partial charge in [-0.1, -0.05) is 0 Å². The van der Waals surface area contributed by atoms with Crippen molar-refractivity contribution in [2.24, 2.45) is 0 Å². The molecule has 1 N–H and O–H groups in total. The molecule has 1 aromatic rings. The van der Waals surface area contributed by atoms with Crippen molar-refractivity contribution < 1.29 is 9.53 Å². The van der Waals surface area contributed by atoms with Crippen LogP contribution in [-0.2, 0) is 0 Å². The molecule has 1 rings (SSSR count). The largest absolute Gasteiger partial charge is 0.480 e. The minimum Gasteiger partial charge on any atom is -0.480 e. The zero-order valence-corrected chi connectivity index (χ0v) is 12.3. The number of nitrogens with one attached hydrogen (secondary N) is 1. The molecule has 0 spiro atoms. The molecular formula is C11H16IN3O2. The number of amides is 1. The molecule has 1 amide bonds. The van der Waals surface area contributed by atoms with Gasteiger partial charge in [0.05, 0.1) is 7.11 Å². The first-order valence-electron chi connectivity index (χ1n) is 5.17. The Labute approximate surface area is 115 Å². The van der Waals surface area contributed by atoms with Gasteiger partial charge in [0.15, 0.2) is 0 Å². The Kier molecular flexibility index (Phi) is 5.63. The van der Waals surface area contributed by atoms with Gasteiger partial charge in [-0.15, -0.1) is 0 Å². The van der Waals surface area contributed by atoms with Gasteiger partial charge in [0.1, 0.15) is 5.56 Å². The maximum absolute atomic E-state index is 12.0. The van der Waals surface area contributed by atoms with Crippen LogP contribution in [0.2, 0.25) is 0 Å². The zero-order chi connectivity index (χ0) is 12.8. The second-order valence-electron chi connectivity index (χ2n) is 3.74. The lowest BCUT2D eigenvalue weighted by Gasteiger charge is -2.12. The number of nitrogens with zero attached hydrogens (tertiary/aromatic N) is 2. The lowest BCUT2D eigenvalue weighted by molar-refractivity contribution is 0.0946. The fourth-order valence-corrected chi connectivity index (χ4v) is 1.90. The Morgan fingerprint density at radius 2 is 2.29 bits per heavy atom. The fourth-order valence-electron chi connectivity index (χ4n) is 1.26. The van der Waals surface area contributed by atoms with Gasteiger partial charge in [-0.05, 0) is 42.8 Å². The molecule has 0 radical (unpaired) electrons. The van der Waals surface area contributed by atoms with Crippen LogP contribution in [0.25, 0.3) is 0 Å². The van der Waals surface area contributed by atoms with E-state index in [4.69, 9.17) is 4.74 Å². The number of carbonyl (C=O) groups excluding carboxylic acids is 1. The summed E-state index contributed by atoms with van der Waals surface area (Å²) >= 11 is 2.10. The zero-order valence-electron chi connectivity index (χ0n) is 10.2. The second kappa shape index (κ2) is 6.75. The van der Waals surface area contributed by atoms with Gasteiger partial charge in [0.25, 0.3) is 5.91 Å². The first-order chi connectivity index (χ1) is 8.06. The predicted molar refractivity (Wildman–Crippen MR) is 74.4 cm³/mol. The third kappa shape index (κ3) is 4.12. The van der Waals surface area contributed by atoms with Gasteiger partial charge in [0.2, 0.25) is 5.88 Å². The summed E-state index contributed by atoms with van der Waals surface area (Å²) in [6.07, 6.45) is 1.62. The molecule has 0 aliphatic carbocycles. The van der Waals surface area contributed by atoms with Gasteiger partial charge in [-0.25, -0.2) is 4.98 Å². The number of ether oxygens (including phenoxy) is 1. The monoisotopic (exact) mass is 349 g/mol. The first-order valence-corrected chi connectivity index (χ1v) is 6.25. The van der Waals surface area contributed by atoms with E-state index in [-0.39, 0.29) is 5.91 Å². The molecule has 1 aromatic heterocycles. The van der Waals surface area contributed by atoms with Gasteiger partial charge in [0, 0.05) is 22.9 Å². The number of methoxy groups -OCH3 is 1. The minimum absolute atomic E-state index is 0.152. The maximum Gasteiger partial charge on any atom is 0.257 e. The second-order valence-corrected chi connectivity index (χ2v) is 4.90. The predicted octanol–water partition coefficient (Wildman–Crippen LogP) is 0.986. The van der Waals surface area contributed by atoms with Crippen molar-refractivity contribution in [2.45, 2.75) is 0 Å². The number of carbonyl (C=O) groups is 1. The Hall–Kier alpha value is -0.890. The van der Waals surface area contributed by atoms with Crippen molar-refractivity contribution in [1.29, 1.82) is 0 Å². The summed E-state index contributed by atoms with van der Waals surface area (Å²) in [7, 11) is 5.43. The molecular weight excluding hydrogens is 333 g/mol. The molecule has 17 heavy (non-hydrogen) atoms. The minimum atomic E-state index is -0.152. The van der Waals surface area contributed by atoms with Crippen molar-refractivity contribution in [2.75, 3.05) is 34.3 Å². The van der Waals surface area contributed by atoms with Crippen LogP contribution < -0.4 is 10.1 Å². The summed E-state index contributed by atoms with van der Waals surface area (Å²) in [6, 6.07) is 1.78. The number of likely N-dealkylation sites (N-methyl/N-ethyl adjacent to an activating group) is 1. The molecule has 0 fully saturated rings. The van der Waals surface area contributed by atoms with Gasteiger partial charge in [-0.2, -0.15) is 0 Å². The molecule has 0 aliphatic heterocycles. The van der Waals surface area contributed by atoms with Gasteiger partial charge >= 0.3 is 0 Å². The summed E-state index contributed by atoms with van der Waals surface area (Å²) in [5, 5.41) is 2.84. The van der Waals surface area contributed by atoms with Crippen molar-refractivity contribution in [3.63, 3.8) is 0 Å². The molecule has 1 heterocycles. The molecule has 0 atom stereocenters. The van der Waals surface area contributed by atoms with E-state index >= 15 is 0 Å². The molecule has 0 bridgehead atoms. The summed E-state index contributed by atoms with van der Waals surface area (Å²) in [4.78, 5) is 18.0. The molecule has 5 nitrogen and oxygen atoms in total. The summed E-state index contributed by atoms with van der Waals surface area (Å²) < 4.78 is 5.92. The van der Waals surface area contributed by atoms with E-state index in [0.717, 1.165) is 10.1 Å². The topological polar surface area (TPSA) is 54.5 Å². The normalized spacial score (nSPS) is 10.4. The third-order valence-corrected chi connectivity index (χ3v) is 3.03. The maximum atomic E-state index is 12.0. The van der Waals surface area contributed by atoms with Gasteiger partial charge < -0.3 is 15.0 Å². The quantitative estimate of drug-likeness (QED) is 0.806. The highest BCUT2D eigenvalue weighted by Crippen LogP contribution is 2.20. The van der Waals surface area contributed by atoms with Crippen LogP contribution in [-0.4, -0.2) is 50.1 Å². The Bertz CT molecular complexity index is 396. The van der Waals surface area contributed by atoms with Crippen LogP contribution in [0.1, 0.15) is 10.4 Å². The molecule has 94 valence electrons. The van der Waals surface area contributed by atoms with Crippen LogP contribution in [0.5, 0.6) is 5.88 Å². The van der Waals surface area contributed by atoms with Crippen molar-refractivity contribution in [3.05, 3.63) is 21.4 Å². The van der Waals surface area contributed by atoms with E-state index < -0.39 is 0 Å². The van der Waals surface area contributed by atoms with E-state index in [0.29, 0.717) is 18.0 Å². The highest BCUT2D eigenvalue weighted by Gasteiger charge is 2.16. The Morgan fingerprint density at radius 1 is 1.59 bits per heavy atom. The first kappa shape index (κ1) is 14.2. The lowest BCUT2D eigenvalue weighted by atomic mass is 10.2. The third-order valence-electron chi connectivity index (χ3n) is 2.13. The summed E-state index contributed by atoms with van der Waals surface area (Å²) in [6.45, 7) is 1.39. The van der Waals surface area contributed by atoms with E-state index in [1.54, 1.807) is 12.3 Å². The van der Waals surface area contributed by atoms with E-state index in [1.807, 2.05) is 19.0 Å². The number of halogens is 1. The van der Waals surface area contributed by atoms with Crippen LogP contribution in [0.4, 0.5) is 0 Å². The summed E-state index contributed by atoms with van der Waals surface area (Å²) in [5.74, 6) is 0.209. The van der Waals surface area contributed by atoms with Gasteiger partial charge in [-0.3, -0.25) is 4.79 Å². The molecule has 0 saturated carbocycles. The number of pyridine rings is 1. The Morgan fingerprint density at radius 3 is 2.88 bits per heavy atom. The molecule has 6 heteroatoms. The SMILES string of the molecule is COc1nccc(I)c1C(=O)NCCN(C)C. The smallest absolute Gasteiger partial charge is 0.257 e. The average molecular weight is 349 g/mol. The molecule has 0 saturated heterocycles. The van der Waals surface area contributed by atoms with Crippen LogP contribution >= 0.6 is 22.6 Å². The average Bonchev–Trinajstić information content (AvgIpc) is 2.27. The number of rotatable bonds is 5. The fraction of sp³-hybridized carbons (Fsp3) is 0.455.